The lowest BCUT2D eigenvalue weighted by molar-refractivity contribution is -0.142. The number of carbonyl (C=O) groups is 1. The van der Waals surface area contributed by atoms with Crippen LogP contribution in [0.25, 0.3) is 0 Å². The van der Waals surface area contributed by atoms with Crippen molar-refractivity contribution in [3.8, 4) is 0 Å². The van der Waals surface area contributed by atoms with Crippen LogP contribution in [0.1, 0.15) is 23.6 Å². The first-order valence-electron chi connectivity index (χ1n) is 4.96. The van der Waals surface area contributed by atoms with Gasteiger partial charge in [0.15, 0.2) is 0 Å². The van der Waals surface area contributed by atoms with Gasteiger partial charge in [0.25, 0.3) is 0 Å². The van der Waals surface area contributed by atoms with Crippen LogP contribution in [0.4, 0.5) is 5.69 Å². The second-order valence-electron chi connectivity index (χ2n) is 3.62. The van der Waals surface area contributed by atoms with Crippen LogP contribution in [0.15, 0.2) is 12.1 Å². The molecule has 82 valence electrons. The first-order valence-corrected chi connectivity index (χ1v) is 4.96. The van der Waals surface area contributed by atoms with Gasteiger partial charge in [0, 0.05) is 19.7 Å². The van der Waals surface area contributed by atoms with Gasteiger partial charge in [-0.2, -0.15) is 0 Å². The van der Waals surface area contributed by atoms with Crippen LogP contribution >= 0.6 is 0 Å². The molecular formula is C12H17NO2. The van der Waals surface area contributed by atoms with Crippen LogP contribution < -0.4 is 5.32 Å². The molecular weight excluding hydrogens is 190 g/mol. The van der Waals surface area contributed by atoms with E-state index in [9.17, 15) is 4.79 Å². The largest absolute Gasteiger partial charge is 0.461 e. The summed E-state index contributed by atoms with van der Waals surface area (Å²) in [6.07, 6.45) is 0. The van der Waals surface area contributed by atoms with Gasteiger partial charge in [-0.15, -0.1) is 0 Å². The number of anilines is 1. The van der Waals surface area contributed by atoms with Crippen LogP contribution in [-0.4, -0.2) is 13.0 Å². The quantitative estimate of drug-likeness (QED) is 0.773. The number of carbonyl (C=O) groups excluding carboxylic acids is 1. The average molecular weight is 207 g/mol. The standard InChI is InChI=1S/C12H17NO2/c1-8-5-11(13-4)6-9(2)12(8)7-15-10(3)14/h5-6,13H,7H2,1-4H3. The van der Waals surface area contributed by atoms with Gasteiger partial charge >= 0.3 is 5.97 Å². The van der Waals surface area contributed by atoms with E-state index >= 15 is 0 Å². The molecule has 1 aromatic rings. The zero-order chi connectivity index (χ0) is 11.4. The summed E-state index contributed by atoms with van der Waals surface area (Å²) in [7, 11) is 1.89. The Morgan fingerprint density at radius 1 is 1.33 bits per heavy atom. The average Bonchev–Trinajstić information content (AvgIpc) is 2.15. The lowest BCUT2D eigenvalue weighted by Crippen LogP contribution is -2.03. The lowest BCUT2D eigenvalue weighted by atomic mass is 10.0. The molecule has 3 nitrogen and oxygen atoms in total. The number of aryl methyl sites for hydroxylation is 2. The summed E-state index contributed by atoms with van der Waals surface area (Å²) in [5.41, 5.74) is 4.45. The molecule has 1 rings (SSSR count). The van der Waals surface area contributed by atoms with Gasteiger partial charge in [0.2, 0.25) is 0 Å². The zero-order valence-electron chi connectivity index (χ0n) is 9.68. The van der Waals surface area contributed by atoms with Crippen molar-refractivity contribution in [3.05, 3.63) is 28.8 Å². The topological polar surface area (TPSA) is 38.3 Å². The van der Waals surface area contributed by atoms with Crippen LogP contribution in [0.3, 0.4) is 0 Å². The van der Waals surface area contributed by atoms with Gasteiger partial charge in [-0.3, -0.25) is 4.79 Å². The Morgan fingerprint density at radius 2 is 1.87 bits per heavy atom. The van der Waals surface area contributed by atoms with E-state index in [1.807, 2.05) is 33.0 Å². The Kier molecular flexibility index (Phi) is 3.72. The Morgan fingerprint density at radius 3 is 2.27 bits per heavy atom. The molecule has 0 bridgehead atoms. The Hall–Kier alpha value is -1.51. The molecule has 0 saturated heterocycles. The molecule has 0 aliphatic rings. The zero-order valence-corrected chi connectivity index (χ0v) is 9.68. The molecule has 0 heterocycles. The number of benzene rings is 1. The predicted octanol–water partition coefficient (Wildman–Crippen LogP) is 2.41. The number of hydrogen-bond donors (Lipinski definition) is 1. The van der Waals surface area contributed by atoms with E-state index in [2.05, 4.69) is 5.32 Å². The molecule has 15 heavy (non-hydrogen) atoms. The van der Waals surface area contributed by atoms with Crippen LogP contribution in [-0.2, 0) is 16.1 Å². The molecule has 0 saturated carbocycles. The minimum absolute atomic E-state index is 0.244. The van der Waals surface area contributed by atoms with Crippen molar-refractivity contribution in [1.82, 2.24) is 0 Å². The van der Waals surface area contributed by atoms with Gasteiger partial charge in [-0.05, 0) is 42.7 Å². The van der Waals surface area contributed by atoms with Gasteiger partial charge in [-0.1, -0.05) is 0 Å². The monoisotopic (exact) mass is 207 g/mol. The second-order valence-corrected chi connectivity index (χ2v) is 3.62. The number of hydrogen-bond acceptors (Lipinski definition) is 3. The first kappa shape index (κ1) is 11.6. The maximum absolute atomic E-state index is 10.7. The fourth-order valence-electron chi connectivity index (χ4n) is 1.54. The Bertz CT molecular complexity index is 349. The number of rotatable bonds is 3. The summed E-state index contributed by atoms with van der Waals surface area (Å²) in [6, 6.07) is 4.09. The Labute approximate surface area is 90.4 Å². The highest BCUT2D eigenvalue weighted by Crippen LogP contribution is 2.20. The lowest BCUT2D eigenvalue weighted by Gasteiger charge is -2.12. The second kappa shape index (κ2) is 4.82. The third-order valence-corrected chi connectivity index (χ3v) is 2.40. The van der Waals surface area contributed by atoms with Crippen LogP contribution in [0.5, 0.6) is 0 Å². The molecule has 0 aliphatic heterocycles. The predicted molar refractivity (Wildman–Crippen MR) is 60.9 cm³/mol. The number of esters is 1. The summed E-state index contributed by atoms with van der Waals surface area (Å²) < 4.78 is 5.00. The molecule has 1 N–H and O–H groups in total. The van der Waals surface area contributed by atoms with Crippen molar-refractivity contribution < 1.29 is 9.53 Å². The maximum atomic E-state index is 10.7. The smallest absolute Gasteiger partial charge is 0.302 e. The van der Waals surface area contributed by atoms with Crippen molar-refractivity contribution in [2.75, 3.05) is 12.4 Å². The van der Waals surface area contributed by atoms with E-state index in [-0.39, 0.29) is 5.97 Å². The molecule has 0 radical (unpaired) electrons. The molecule has 1 aromatic carbocycles. The fourth-order valence-corrected chi connectivity index (χ4v) is 1.54. The van der Waals surface area contributed by atoms with Crippen LogP contribution in [0, 0.1) is 13.8 Å². The SMILES string of the molecule is CNc1cc(C)c(COC(C)=O)c(C)c1. The number of ether oxygens (including phenoxy) is 1. The highest BCUT2D eigenvalue weighted by atomic mass is 16.5. The molecule has 0 spiro atoms. The molecule has 0 aromatic heterocycles. The summed E-state index contributed by atoms with van der Waals surface area (Å²) in [5.74, 6) is -0.244. The van der Waals surface area contributed by atoms with E-state index in [0.717, 1.165) is 22.4 Å². The maximum Gasteiger partial charge on any atom is 0.302 e. The molecule has 0 aliphatic carbocycles. The highest BCUT2D eigenvalue weighted by molar-refractivity contribution is 5.66. The van der Waals surface area contributed by atoms with E-state index in [4.69, 9.17) is 4.74 Å². The molecule has 0 atom stereocenters. The van der Waals surface area contributed by atoms with Crippen molar-refractivity contribution in [1.29, 1.82) is 0 Å². The molecule has 3 heteroatoms. The number of nitrogens with one attached hydrogen (secondary N) is 1. The van der Waals surface area contributed by atoms with E-state index < -0.39 is 0 Å². The first-order chi connectivity index (χ1) is 7.04. The molecule has 0 unspecified atom stereocenters. The van der Waals surface area contributed by atoms with Gasteiger partial charge in [0.1, 0.15) is 6.61 Å². The Balaban J connectivity index is 2.92. The van der Waals surface area contributed by atoms with Crippen molar-refractivity contribution in [2.24, 2.45) is 0 Å². The van der Waals surface area contributed by atoms with Crippen LogP contribution in [0.2, 0.25) is 0 Å². The van der Waals surface area contributed by atoms with E-state index in [0.29, 0.717) is 6.61 Å². The fraction of sp³-hybridized carbons (Fsp3) is 0.417. The third kappa shape index (κ3) is 2.98. The van der Waals surface area contributed by atoms with E-state index in [1.54, 1.807) is 0 Å². The normalized spacial score (nSPS) is 9.87. The minimum atomic E-state index is -0.244. The summed E-state index contributed by atoms with van der Waals surface area (Å²) >= 11 is 0. The van der Waals surface area contributed by atoms with Crippen molar-refractivity contribution in [2.45, 2.75) is 27.4 Å². The molecule has 0 fully saturated rings. The van der Waals surface area contributed by atoms with Gasteiger partial charge in [0.05, 0.1) is 0 Å². The highest BCUT2D eigenvalue weighted by Gasteiger charge is 2.06. The summed E-state index contributed by atoms with van der Waals surface area (Å²) in [5, 5.41) is 3.09. The van der Waals surface area contributed by atoms with E-state index in [1.165, 1.54) is 6.92 Å². The summed E-state index contributed by atoms with van der Waals surface area (Å²) in [6.45, 7) is 5.82. The van der Waals surface area contributed by atoms with Crippen molar-refractivity contribution in [3.63, 3.8) is 0 Å². The third-order valence-electron chi connectivity index (χ3n) is 2.40. The minimum Gasteiger partial charge on any atom is -0.461 e. The molecule has 0 amide bonds. The summed E-state index contributed by atoms with van der Waals surface area (Å²) in [4.78, 5) is 10.7. The van der Waals surface area contributed by atoms with Crippen molar-refractivity contribution >= 4 is 11.7 Å². The van der Waals surface area contributed by atoms with Gasteiger partial charge < -0.3 is 10.1 Å². The van der Waals surface area contributed by atoms with Gasteiger partial charge in [-0.25, -0.2) is 0 Å².